The van der Waals surface area contributed by atoms with E-state index in [0.717, 1.165) is 3.92 Å². The van der Waals surface area contributed by atoms with Crippen LogP contribution in [0.25, 0.3) is 0 Å². The van der Waals surface area contributed by atoms with Gasteiger partial charge in [0, 0.05) is 3.92 Å². The Morgan fingerprint density at radius 1 is 1.33 bits per heavy atom. The Kier molecular flexibility index (Phi) is 5.55. The van der Waals surface area contributed by atoms with Crippen molar-refractivity contribution in [1.29, 1.82) is 0 Å². The lowest BCUT2D eigenvalue weighted by Gasteiger charge is -1.96. The minimum atomic E-state index is 0.708. The van der Waals surface area contributed by atoms with E-state index in [1.54, 1.807) is 0 Å². The molecule has 1 unspecified atom stereocenters. The quantitative estimate of drug-likeness (QED) is 0.401. The fourth-order valence-electron chi connectivity index (χ4n) is 0.538. The Morgan fingerprint density at radius 3 is 2.22 bits per heavy atom. The molecule has 0 aromatic carbocycles. The molecule has 0 heterocycles. The first kappa shape index (κ1) is 9.47. The highest BCUT2D eigenvalue weighted by atomic mass is 127. The summed E-state index contributed by atoms with van der Waals surface area (Å²) in [4.78, 5) is 0. The van der Waals surface area contributed by atoms with Crippen molar-refractivity contribution in [3.63, 3.8) is 0 Å². The zero-order valence-electron chi connectivity index (χ0n) is 6.39. The molecule has 0 fully saturated rings. The molecular weight excluding hydrogens is 223 g/mol. The monoisotopic (exact) mass is 238 g/mol. The van der Waals surface area contributed by atoms with Gasteiger partial charge in [0.1, 0.15) is 0 Å². The zero-order chi connectivity index (χ0) is 7.28. The van der Waals surface area contributed by atoms with Crippen LogP contribution < -0.4 is 0 Å². The van der Waals surface area contributed by atoms with Gasteiger partial charge in [-0.15, -0.1) is 0 Å². The molecule has 9 heavy (non-hydrogen) atoms. The first-order valence-electron chi connectivity index (χ1n) is 3.43. The van der Waals surface area contributed by atoms with Gasteiger partial charge in [-0.1, -0.05) is 55.5 Å². The van der Waals surface area contributed by atoms with Crippen molar-refractivity contribution in [2.75, 3.05) is 0 Å². The molecule has 0 aliphatic rings. The zero-order valence-corrected chi connectivity index (χ0v) is 8.55. The Morgan fingerprint density at radius 2 is 1.89 bits per heavy atom. The van der Waals surface area contributed by atoms with Crippen LogP contribution in [0.3, 0.4) is 0 Å². The van der Waals surface area contributed by atoms with Crippen LogP contribution in [-0.2, 0) is 0 Å². The maximum absolute atomic E-state index is 2.44. The standard InChI is InChI=1S/C8H15I/c1-7(2)5-4-6-8(3)9/h4-5,7-8H,6H2,1-3H3. The molecule has 0 spiro atoms. The van der Waals surface area contributed by atoms with Crippen molar-refractivity contribution in [3.05, 3.63) is 12.2 Å². The Bertz CT molecular complexity index is 82.6. The van der Waals surface area contributed by atoms with E-state index >= 15 is 0 Å². The molecule has 0 saturated heterocycles. The molecule has 0 aromatic heterocycles. The minimum Gasteiger partial charge on any atom is -0.0873 e. The van der Waals surface area contributed by atoms with Crippen LogP contribution in [0.5, 0.6) is 0 Å². The second-order valence-corrected chi connectivity index (χ2v) is 4.82. The molecule has 0 aromatic rings. The Hall–Kier alpha value is 0.470. The lowest BCUT2D eigenvalue weighted by molar-refractivity contribution is 0.822. The van der Waals surface area contributed by atoms with E-state index in [4.69, 9.17) is 0 Å². The van der Waals surface area contributed by atoms with Crippen LogP contribution in [0.15, 0.2) is 12.2 Å². The minimum absolute atomic E-state index is 0.708. The number of halogens is 1. The molecule has 0 aliphatic carbocycles. The van der Waals surface area contributed by atoms with Gasteiger partial charge >= 0.3 is 0 Å². The van der Waals surface area contributed by atoms with Crippen LogP contribution in [0.4, 0.5) is 0 Å². The van der Waals surface area contributed by atoms with Gasteiger partial charge < -0.3 is 0 Å². The summed E-state index contributed by atoms with van der Waals surface area (Å²) in [6.07, 6.45) is 5.73. The Balaban J connectivity index is 3.25. The third-order valence-corrected chi connectivity index (χ3v) is 1.49. The number of alkyl halides is 1. The lowest BCUT2D eigenvalue weighted by atomic mass is 10.2. The van der Waals surface area contributed by atoms with Crippen molar-refractivity contribution in [2.45, 2.75) is 31.1 Å². The summed E-state index contributed by atoms with van der Waals surface area (Å²) >= 11 is 2.44. The van der Waals surface area contributed by atoms with Crippen molar-refractivity contribution in [3.8, 4) is 0 Å². The summed E-state index contributed by atoms with van der Waals surface area (Å²) in [6, 6.07) is 0. The van der Waals surface area contributed by atoms with Crippen LogP contribution in [0.1, 0.15) is 27.2 Å². The van der Waals surface area contributed by atoms with E-state index in [-0.39, 0.29) is 0 Å². The van der Waals surface area contributed by atoms with Gasteiger partial charge in [0.15, 0.2) is 0 Å². The van der Waals surface area contributed by atoms with E-state index in [1.807, 2.05) is 0 Å². The van der Waals surface area contributed by atoms with E-state index < -0.39 is 0 Å². The summed E-state index contributed by atoms with van der Waals surface area (Å²) in [5, 5.41) is 0. The molecule has 0 radical (unpaired) electrons. The largest absolute Gasteiger partial charge is 0.0873 e. The summed E-state index contributed by atoms with van der Waals surface area (Å²) in [6.45, 7) is 6.63. The smallest absolute Gasteiger partial charge is 0.0116 e. The molecule has 1 atom stereocenters. The average Bonchev–Trinajstić information content (AvgIpc) is 1.63. The third-order valence-electron chi connectivity index (χ3n) is 0.982. The Labute approximate surface area is 71.9 Å². The highest BCUT2D eigenvalue weighted by Gasteiger charge is 1.89. The molecular formula is C8H15I. The van der Waals surface area contributed by atoms with Gasteiger partial charge in [0.2, 0.25) is 0 Å². The van der Waals surface area contributed by atoms with Gasteiger partial charge in [0.05, 0.1) is 0 Å². The first-order valence-corrected chi connectivity index (χ1v) is 4.68. The summed E-state index contributed by atoms with van der Waals surface area (Å²) in [5.41, 5.74) is 0. The fraction of sp³-hybridized carbons (Fsp3) is 0.750. The van der Waals surface area contributed by atoms with Crippen molar-refractivity contribution < 1.29 is 0 Å². The number of hydrogen-bond acceptors (Lipinski definition) is 0. The van der Waals surface area contributed by atoms with Gasteiger partial charge in [0.25, 0.3) is 0 Å². The second kappa shape index (κ2) is 5.27. The SMILES string of the molecule is CC(C)C=CCC(C)I. The summed E-state index contributed by atoms with van der Waals surface area (Å²) in [7, 11) is 0. The molecule has 0 rings (SSSR count). The van der Waals surface area contributed by atoms with Gasteiger partial charge in [-0.2, -0.15) is 0 Å². The molecule has 1 heteroatoms. The van der Waals surface area contributed by atoms with Gasteiger partial charge in [-0.05, 0) is 12.3 Å². The van der Waals surface area contributed by atoms with Crippen LogP contribution >= 0.6 is 22.6 Å². The second-order valence-electron chi connectivity index (χ2n) is 2.69. The maximum atomic E-state index is 2.44. The highest BCUT2D eigenvalue weighted by Crippen LogP contribution is 2.05. The molecule has 54 valence electrons. The van der Waals surface area contributed by atoms with Crippen LogP contribution in [0, 0.1) is 5.92 Å². The van der Waals surface area contributed by atoms with Crippen molar-refractivity contribution in [2.24, 2.45) is 5.92 Å². The van der Waals surface area contributed by atoms with Gasteiger partial charge in [-0.3, -0.25) is 0 Å². The highest BCUT2D eigenvalue weighted by molar-refractivity contribution is 14.1. The predicted molar refractivity (Wildman–Crippen MR) is 52.1 cm³/mol. The first-order chi connectivity index (χ1) is 4.13. The van der Waals surface area contributed by atoms with Crippen molar-refractivity contribution >= 4 is 22.6 Å². The van der Waals surface area contributed by atoms with Crippen molar-refractivity contribution in [1.82, 2.24) is 0 Å². The molecule has 0 amide bonds. The normalized spacial score (nSPS) is 15.2. The lowest BCUT2D eigenvalue weighted by Crippen LogP contribution is -1.85. The van der Waals surface area contributed by atoms with Crippen LogP contribution in [0.2, 0.25) is 0 Å². The maximum Gasteiger partial charge on any atom is 0.0116 e. The molecule has 0 saturated carbocycles. The predicted octanol–water partition coefficient (Wildman–Crippen LogP) is 3.41. The van der Waals surface area contributed by atoms with Crippen LogP contribution in [-0.4, -0.2) is 3.92 Å². The van der Waals surface area contributed by atoms with E-state index in [0.29, 0.717) is 5.92 Å². The van der Waals surface area contributed by atoms with E-state index in [2.05, 4.69) is 55.5 Å². The number of rotatable bonds is 3. The number of hydrogen-bond donors (Lipinski definition) is 0. The van der Waals surface area contributed by atoms with E-state index in [9.17, 15) is 0 Å². The molecule has 0 bridgehead atoms. The van der Waals surface area contributed by atoms with E-state index in [1.165, 1.54) is 6.42 Å². The molecule has 0 nitrogen and oxygen atoms in total. The summed E-state index contributed by atoms with van der Waals surface area (Å²) in [5.74, 6) is 0.708. The topological polar surface area (TPSA) is 0 Å². The van der Waals surface area contributed by atoms with Gasteiger partial charge in [-0.25, -0.2) is 0 Å². The molecule has 0 aliphatic heterocycles. The third kappa shape index (κ3) is 8.47. The number of allylic oxidation sites excluding steroid dienone is 2. The average molecular weight is 238 g/mol. The fourth-order valence-corrected chi connectivity index (χ4v) is 0.832. The molecule has 0 N–H and O–H groups in total. The summed E-state index contributed by atoms with van der Waals surface area (Å²) < 4.78 is 0.776.